The quantitative estimate of drug-likeness (QED) is 0.472. The van der Waals surface area contributed by atoms with Crippen LogP contribution in [-0.4, -0.2) is 28.8 Å². The Hall–Kier alpha value is -2.15. The van der Waals surface area contributed by atoms with Crippen LogP contribution in [0.25, 0.3) is 0 Å². The SMILES string of the molecule is CCC(CC)N(C)C(=O)c1cc(NN)ccc1[N+](=O)[O-]. The number of hydrogen-bond acceptors (Lipinski definition) is 5. The maximum Gasteiger partial charge on any atom is 0.282 e. The molecule has 20 heavy (non-hydrogen) atoms. The van der Waals surface area contributed by atoms with Gasteiger partial charge in [-0.1, -0.05) is 13.8 Å². The first-order valence-corrected chi connectivity index (χ1v) is 6.48. The van der Waals surface area contributed by atoms with Crippen molar-refractivity contribution in [3.8, 4) is 0 Å². The van der Waals surface area contributed by atoms with Crippen LogP contribution in [0.15, 0.2) is 18.2 Å². The maximum absolute atomic E-state index is 12.5. The molecule has 0 heterocycles. The fourth-order valence-electron chi connectivity index (χ4n) is 2.15. The molecule has 0 unspecified atom stereocenters. The van der Waals surface area contributed by atoms with Crippen LogP contribution in [0.1, 0.15) is 37.0 Å². The van der Waals surface area contributed by atoms with E-state index in [4.69, 9.17) is 5.84 Å². The predicted octanol–water partition coefficient (Wildman–Crippen LogP) is 2.14. The number of carbonyl (C=O) groups excluding carboxylic acids is 1. The van der Waals surface area contributed by atoms with Gasteiger partial charge in [0.25, 0.3) is 11.6 Å². The van der Waals surface area contributed by atoms with Crippen LogP contribution in [0, 0.1) is 10.1 Å². The fraction of sp³-hybridized carbons (Fsp3) is 0.462. The van der Waals surface area contributed by atoms with Crippen molar-refractivity contribution in [2.45, 2.75) is 32.7 Å². The molecule has 0 radical (unpaired) electrons. The summed E-state index contributed by atoms with van der Waals surface area (Å²) in [6.07, 6.45) is 1.59. The van der Waals surface area contributed by atoms with Gasteiger partial charge in [0, 0.05) is 24.8 Å². The average Bonchev–Trinajstić information content (AvgIpc) is 2.46. The van der Waals surface area contributed by atoms with Gasteiger partial charge in [-0.25, -0.2) is 0 Å². The molecule has 7 nitrogen and oxygen atoms in total. The second-order valence-electron chi connectivity index (χ2n) is 4.52. The lowest BCUT2D eigenvalue weighted by Gasteiger charge is -2.26. The van der Waals surface area contributed by atoms with Crippen LogP contribution in [0.2, 0.25) is 0 Å². The van der Waals surface area contributed by atoms with Gasteiger partial charge in [-0.2, -0.15) is 0 Å². The molecule has 110 valence electrons. The molecule has 3 N–H and O–H groups in total. The van der Waals surface area contributed by atoms with Crippen LogP contribution in [0.4, 0.5) is 11.4 Å². The topological polar surface area (TPSA) is 102 Å². The third-order valence-electron chi connectivity index (χ3n) is 3.40. The molecule has 1 amide bonds. The highest BCUT2D eigenvalue weighted by molar-refractivity contribution is 5.99. The monoisotopic (exact) mass is 280 g/mol. The summed E-state index contributed by atoms with van der Waals surface area (Å²) in [6, 6.07) is 4.20. The number of nitrogens with zero attached hydrogens (tertiary/aromatic N) is 2. The number of nitrogens with two attached hydrogens (primary N) is 1. The van der Waals surface area contributed by atoms with E-state index < -0.39 is 4.92 Å². The Morgan fingerprint density at radius 1 is 1.45 bits per heavy atom. The molecule has 0 aliphatic rings. The van der Waals surface area contributed by atoms with Gasteiger partial charge in [0.2, 0.25) is 0 Å². The molecule has 0 saturated carbocycles. The van der Waals surface area contributed by atoms with Gasteiger partial charge in [0.15, 0.2) is 0 Å². The maximum atomic E-state index is 12.5. The van der Waals surface area contributed by atoms with E-state index in [0.717, 1.165) is 12.8 Å². The predicted molar refractivity (Wildman–Crippen MR) is 77.4 cm³/mol. The Balaban J connectivity index is 3.22. The third kappa shape index (κ3) is 3.24. The van der Waals surface area contributed by atoms with Crippen molar-refractivity contribution >= 4 is 17.3 Å². The van der Waals surface area contributed by atoms with E-state index >= 15 is 0 Å². The van der Waals surface area contributed by atoms with Crippen molar-refractivity contribution in [3.05, 3.63) is 33.9 Å². The highest BCUT2D eigenvalue weighted by atomic mass is 16.6. The Bertz CT molecular complexity index is 500. The summed E-state index contributed by atoms with van der Waals surface area (Å²) >= 11 is 0. The van der Waals surface area contributed by atoms with Crippen LogP contribution in [0.5, 0.6) is 0 Å². The van der Waals surface area contributed by atoms with Crippen molar-refractivity contribution in [2.24, 2.45) is 5.84 Å². The van der Waals surface area contributed by atoms with Gasteiger partial charge in [-0.15, -0.1) is 0 Å². The molecular formula is C13H20N4O3. The Labute approximate surface area is 117 Å². The molecule has 0 atom stereocenters. The minimum absolute atomic E-state index is 0.0415. The highest BCUT2D eigenvalue weighted by Gasteiger charge is 2.26. The second-order valence-corrected chi connectivity index (χ2v) is 4.52. The molecule has 1 rings (SSSR count). The number of benzene rings is 1. The zero-order valence-electron chi connectivity index (χ0n) is 11.9. The van der Waals surface area contributed by atoms with Crippen molar-refractivity contribution in [1.82, 2.24) is 4.90 Å². The van der Waals surface area contributed by atoms with E-state index in [2.05, 4.69) is 5.43 Å². The minimum Gasteiger partial charge on any atom is -0.339 e. The number of nitrogens with one attached hydrogen (secondary N) is 1. The summed E-state index contributed by atoms with van der Waals surface area (Å²) in [7, 11) is 1.66. The molecule has 0 aromatic heterocycles. The number of carbonyl (C=O) groups is 1. The molecule has 1 aromatic carbocycles. The van der Waals surface area contributed by atoms with E-state index in [-0.39, 0.29) is 23.2 Å². The summed E-state index contributed by atoms with van der Waals surface area (Å²) in [5.41, 5.74) is 2.67. The van der Waals surface area contributed by atoms with Gasteiger partial charge >= 0.3 is 0 Å². The van der Waals surface area contributed by atoms with Gasteiger partial charge in [-0.05, 0) is 25.0 Å². The largest absolute Gasteiger partial charge is 0.339 e. The van der Waals surface area contributed by atoms with E-state index in [1.54, 1.807) is 11.9 Å². The molecule has 0 fully saturated rings. The number of rotatable bonds is 6. The zero-order chi connectivity index (χ0) is 15.3. The van der Waals surface area contributed by atoms with Crippen LogP contribution in [-0.2, 0) is 0 Å². The lowest BCUT2D eigenvalue weighted by molar-refractivity contribution is -0.385. The zero-order valence-corrected chi connectivity index (χ0v) is 11.9. The van der Waals surface area contributed by atoms with Crippen molar-refractivity contribution in [3.63, 3.8) is 0 Å². The van der Waals surface area contributed by atoms with E-state index in [9.17, 15) is 14.9 Å². The van der Waals surface area contributed by atoms with Crippen molar-refractivity contribution in [1.29, 1.82) is 0 Å². The smallest absolute Gasteiger partial charge is 0.282 e. The average molecular weight is 280 g/mol. The summed E-state index contributed by atoms with van der Waals surface area (Å²) in [6.45, 7) is 3.95. The molecule has 7 heteroatoms. The number of nitrogen functional groups attached to an aromatic ring is 1. The Morgan fingerprint density at radius 3 is 2.50 bits per heavy atom. The molecule has 1 aromatic rings. The van der Waals surface area contributed by atoms with Crippen LogP contribution < -0.4 is 11.3 Å². The first-order chi connectivity index (χ1) is 9.46. The molecule has 0 bridgehead atoms. The molecule has 0 saturated heterocycles. The number of anilines is 1. The van der Waals surface area contributed by atoms with E-state index in [1.807, 2.05) is 13.8 Å². The lowest BCUT2D eigenvalue weighted by Crippen LogP contribution is -2.36. The first kappa shape index (κ1) is 15.9. The molecule has 0 aliphatic heterocycles. The lowest BCUT2D eigenvalue weighted by atomic mass is 10.1. The Kier molecular flexibility index (Phi) is 5.45. The number of nitro groups is 1. The number of nitro benzene ring substituents is 1. The molecule has 0 aliphatic carbocycles. The number of hydrazine groups is 1. The summed E-state index contributed by atoms with van der Waals surface area (Å²) < 4.78 is 0. The summed E-state index contributed by atoms with van der Waals surface area (Å²) in [4.78, 5) is 24.5. The molecular weight excluding hydrogens is 260 g/mol. The van der Waals surface area contributed by atoms with Gasteiger partial charge in [-0.3, -0.25) is 20.8 Å². The van der Waals surface area contributed by atoms with Gasteiger partial charge in [0.05, 0.1) is 4.92 Å². The Morgan fingerprint density at radius 2 is 2.05 bits per heavy atom. The fourth-order valence-corrected chi connectivity index (χ4v) is 2.15. The van der Waals surface area contributed by atoms with Crippen LogP contribution >= 0.6 is 0 Å². The van der Waals surface area contributed by atoms with Crippen LogP contribution in [0.3, 0.4) is 0 Å². The van der Waals surface area contributed by atoms with E-state index in [0.29, 0.717) is 5.69 Å². The highest BCUT2D eigenvalue weighted by Crippen LogP contribution is 2.24. The minimum atomic E-state index is -0.561. The standard InChI is InChI=1S/C13H20N4O3/c1-4-10(5-2)16(3)13(18)11-8-9(15-14)6-7-12(11)17(19)20/h6-8,10,15H,4-5,14H2,1-3H3. The number of hydrogen-bond donors (Lipinski definition) is 2. The van der Waals surface area contributed by atoms with E-state index in [1.165, 1.54) is 18.2 Å². The normalized spacial score (nSPS) is 10.4. The van der Waals surface area contributed by atoms with Crippen molar-refractivity contribution < 1.29 is 9.72 Å². The number of amides is 1. The van der Waals surface area contributed by atoms with Crippen molar-refractivity contribution in [2.75, 3.05) is 12.5 Å². The second kappa shape index (κ2) is 6.85. The molecule has 0 spiro atoms. The third-order valence-corrected chi connectivity index (χ3v) is 3.40. The first-order valence-electron chi connectivity index (χ1n) is 6.48. The van der Waals surface area contributed by atoms with Gasteiger partial charge < -0.3 is 10.3 Å². The summed E-state index contributed by atoms with van der Waals surface area (Å²) in [5, 5.41) is 11.0. The van der Waals surface area contributed by atoms with Gasteiger partial charge in [0.1, 0.15) is 5.56 Å². The summed E-state index contributed by atoms with van der Waals surface area (Å²) in [5.74, 6) is 4.92.